The van der Waals surface area contributed by atoms with E-state index in [1.165, 1.54) is 0 Å². The van der Waals surface area contributed by atoms with E-state index in [0.29, 0.717) is 12.8 Å². The highest BCUT2D eigenvalue weighted by Crippen LogP contribution is 2.27. The van der Waals surface area contributed by atoms with Crippen molar-refractivity contribution >= 4 is 31.9 Å². The number of rotatable bonds is 4. The summed E-state index contributed by atoms with van der Waals surface area (Å²) in [5, 5.41) is 18.6. The van der Waals surface area contributed by atoms with Gasteiger partial charge in [0.2, 0.25) is 15.8 Å². The third-order valence-electron chi connectivity index (χ3n) is 3.19. The van der Waals surface area contributed by atoms with Gasteiger partial charge in [-0.05, 0) is 28.8 Å². The molecule has 1 fully saturated rings. The summed E-state index contributed by atoms with van der Waals surface area (Å²) in [7, 11) is -3.95. The molecule has 0 bridgehead atoms. The molecule has 0 radical (unpaired) electrons. The minimum atomic E-state index is -3.95. The van der Waals surface area contributed by atoms with Crippen molar-refractivity contribution in [1.82, 2.24) is 4.72 Å². The summed E-state index contributed by atoms with van der Waals surface area (Å²) in [6.45, 7) is 0. The average molecular weight is 368 g/mol. The van der Waals surface area contributed by atoms with Crippen LogP contribution in [0.1, 0.15) is 36.2 Å². The Bertz CT molecular complexity index is 610. The van der Waals surface area contributed by atoms with Gasteiger partial charge >= 0.3 is 5.97 Å². The van der Waals surface area contributed by atoms with Gasteiger partial charge in [-0.2, -0.15) is 0 Å². The molecule has 3 N–H and O–H groups in total. The molecular formula is C11H14BrNO6S. The first-order chi connectivity index (χ1) is 9.31. The quantitative estimate of drug-likeness (QED) is 0.738. The van der Waals surface area contributed by atoms with Crippen LogP contribution < -0.4 is 4.72 Å². The number of hydrogen-bond acceptors (Lipinski definition) is 5. The van der Waals surface area contributed by atoms with Gasteiger partial charge in [-0.3, -0.25) is 0 Å². The largest absolute Gasteiger partial charge is 0.475 e. The number of furan rings is 1. The molecule has 1 aliphatic carbocycles. The van der Waals surface area contributed by atoms with Crippen molar-refractivity contribution < 1.29 is 27.8 Å². The zero-order valence-electron chi connectivity index (χ0n) is 10.4. The van der Waals surface area contributed by atoms with Crippen LogP contribution in [0.3, 0.4) is 0 Å². The highest BCUT2D eigenvalue weighted by Gasteiger charge is 2.31. The minimum Gasteiger partial charge on any atom is -0.475 e. The first kappa shape index (κ1) is 15.5. The van der Waals surface area contributed by atoms with Crippen LogP contribution in [-0.4, -0.2) is 36.7 Å². The van der Waals surface area contributed by atoms with E-state index in [0.717, 1.165) is 18.9 Å². The van der Waals surface area contributed by atoms with Crippen LogP contribution in [0, 0.1) is 0 Å². The van der Waals surface area contributed by atoms with Crippen LogP contribution in [0.25, 0.3) is 0 Å². The zero-order chi connectivity index (χ0) is 14.9. The first-order valence-electron chi connectivity index (χ1n) is 6.04. The summed E-state index contributed by atoms with van der Waals surface area (Å²) in [6, 6.07) is 0.369. The molecule has 2 atom stereocenters. The molecule has 9 heteroatoms. The smallest absolute Gasteiger partial charge is 0.371 e. The van der Waals surface area contributed by atoms with Crippen molar-refractivity contribution in [1.29, 1.82) is 0 Å². The van der Waals surface area contributed by atoms with E-state index in [2.05, 4.69) is 20.7 Å². The number of sulfonamides is 1. The Morgan fingerprint density at radius 2 is 2.05 bits per heavy atom. The standard InChI is InChI=1S/C11H14BrNO6S/c12-10-9(5-8(19-10)11(15)16)20(17,18)13-6-3-1-2-4-7(6)14/h5-7,13-14H,1-4H2,(H,15,16)/t6-,7-/m0/s1. The number of nitrogens with one attached hydrogen (secondary N) is 1. The van der Waals surface area contributed by atoms with Gasteiger partial charge in [-0.25, -0.2) is 17.9 Å². The Hall–Kier alpha value is -0.900. The molecule has 0 aliphatic heterocycles. The average Bonchev–Trinajstić information content (AvgIpc) is 2.75. The van der Waals surface area contributed by atoms with E-state index >= 15 is 0 Å². The third-order valence-corrected chi connectivity index (χ3v) is 5.54. The molecule has 112 valence electrons. The van der Waals surface area contributed by atoms with E-state index in [1.54, 1.807) is 0 Å². The lowest BCUT2D eigenvalue weighted by Crippen LogP contribution is -2.44. The summed E-state index contributed by atoms with van der Waals surface area (Å²) in [4.78, 5) is 10.5. The van der Waals surface area contributed by atoms with Crippen LogP contribution in [0.15, 0.2) is 20.0 Å². The van der Waals surface area contributed by atoms with E-state index < -0.39 is 33.9 Å². The molecule has 0 saturated heterocycles. The molecule has 1 aromatic rings. The summed E-state index contributed by atoms with van der Waals surface area (Å²) in [6.07, 6.45) is 2.04. The van der Waals surface area contributed by atoms with E-state index in [9.17, 15) is 18.3 Å². The van der Waals surface area contributed by atoms with Crippen LogP contribution in [-0.2, 0) is 10.0 Å². The number of halogens is 1. The predicted octanol–water partition coefficient (Wildman–Crippen LogP) is 1.32. The van der Waals surface area contributed by atoms with Crippen LogP contribution in [0.4, 0.5) is 0 Å². The maximum absolute atomic E-state index is 12.2. The molecular weight excluding hydrogens is 354 g/mol. The van der Waals surface area contributed by atoms with Gasteiger partial charge in [0.25, 0.3) is 0 Å². The fourth-order valence-electron chi connectivity index (χ4n) is 2.15. The number of hydrogen-bond donors (Lipinski definition) is 3. The van der Waals surface area contributed by atoms with Crippen molar-refractivity contribution in [3.05, 3.63) is 16.5 Å². The second-order valence-corrected chi connectivity index (χ2v) is 7.04. The molecule has 1 aliphatic rings. The number of carbonyl (C=O) groups is 1. The monoisotopic (exact) mass is 367 g/mol. The topological polar surface area (TPSA) is 117 Å². The normalized spacial score (nSPS) is 23.7. The van der Waals surface area contributed by atoms with E-state index in [1.807, 2.05) is 0 Å². The van der Waals surface area contributed by atoms with Crippen molar-refractivity contribution in [2.24, 2.45) is 0 Å². The summed E-state index contributed by atoms with van der Waals surface area (Å²) in [5.74, 6) is -1.83. The van der Waals surface area contributed by atoms with Crippen molar-refractivity contribution in [3.63, 3.8) is 0 Å². The molecule has 2 rings (SSSR count). The van der Waals surface area contributed by atoms with Crippen molar-refractivity contribution in [2.45, 2.75) is 42.7 Å². The fraction of sp³-hybridized carbons (Fsp3) is 0.545. The molecule has 1 heterocycles. The Morgan fingerprint density at radius 1 is 1.40 bits per heavy atom. The molecule has 0 unspecified atom stereocenters. The maximum Gasteiger partial charge on any atom is 0.371 e. The third kappa shape index (κ3) is 3.22. The number of carboxylic acids is 1. The number of aliphatic hydroxyl groups is 1. The van der Waals surface area contributed by atoms with Gasteiger partial charge in [-0.15, -0.1) is 0 Å². The Labute approximate surface area is 124 Å². The van der Waals surface area contributed by atoms with Crippen LogP contribution >= 0.6 is 15.9 Å². The highest BCUT2D eigenvalue weighted by atomic mass is 79.9. The molecule has 20 heavy (non-hydrogen) atoms. The predicted molar refractivity (Wildman–Crippen MR) is 72.0 cm³/mol. The van der Waals surface area contributed by atoms with E-state index in [4.69, 9.17) is 9.52 Å². The van der Waals surface area contributed by atoms with E-state index in [-0.39, 0.29) is 9.56 Å². The minimum absolute atomic E-state index is 0.173. The molecule has 7 nitrogen and oxygen atoms in total. The SMILES string of the molecule is O=C(O)c1cc(S(=O)(=O)N[C@H]2CCCC[C@@H]2O)c(Br)o1. The van der Waals surface area contributed by atoms with Gasteiger partial charge in [0, 0.05) is 12.1 Å². The Kier molecular flexibility index (Phi) is 4.52. The zero-order valence-corrected chi connectivity index (χ0v) is 12.8. The lowest BCUT2D eigenvalue weighted by molar-refractivity contribution is 0.0661. The van der Waals surface area contributed by atoms with Gasteiger partial charge in [-0.1, -0.05) is 12.8 Å². The number of carboxylic acid groups (broad SMARTS) is 1. The lowest BCUT2D eigenvalue weighted by Gasteiger charge is -2.27. The lowest BCUT2D eigenvalue weighted by atomic mass is 9.93. The second-order valence-electron chi connectivity index (χ2n) is 4.63. The molecule has 1 aromatic heterocycles. The molecule has 0 spiro atoms. The number of aliphatic hydroxyl groups excluding tert-OH is 1. The molecule has 1 saturated carbocycles. The van der Waals surface area contributed by atoms with Crippen molar-refractivity contribution in [2.75, 3.05) is 0 Å². The van der Waals surface area contributed by atoms with Gasteiger partial charge in [0.05, 0.1) is 6.10 Å². The first-order valence-corrected chi connectivity index (χ1v) is 8.32. The summed E-state index contributed by atoms with van der Waals surface area (Å²) in [5.41, 5.74) is 0. The van der Waals surface area contributed by atoms with Crippen LogP contribution in [0.5, 0.6) is 0 Å². The van der Waals surface area contributed by atoms with Crippen molar-refractivity contribution in [3.8, 4) is 0 Å². The summed E-state index contributed by atoms with van der Waals surface area (Å²) >= 11 is 2.89. The Balaban J connectivity index is 2.24. The highest BCUT2D eigenvalue weighted by molar-refractivity contribution is 9.10. The fourth-order valence-corrected chi connectivity index (χ4v) is 4.40. The van der Waals surface area contributed by atoms with Gasteiger partial charge in [0.1, 0.15) is 4.90 Å². The van der Waals surface area contributed by atoms with Gasteiger partial charge in [0.15, 0.2) is 4.67 Å². The van der Waals surface area contributed by atoms with Gasteiger partial charge < -0.3 is 14.6 Å². The summed E-state index contributed by atoms with van der Waals surface area (Å²) < 4.78 is 31.4. The number of aromatic carboxylic acids is 1. The Morgan fingerprint density at radius 3 is 2.60 bits per heavy atom. The maximum atomic E-state index is 12.2. The van der Waals surface area contributed by atoms with Crippen LogP contribution in [0.2, 0.25) is 0 Å². The second kappa shape index (κ2) is 5.84. The molecule has 0 aromatic carbocycles. The molecule has 0 amide bonds.